The van der Waals surface area contributed by atoms with Gasteiger partial charge in [-0.1, -0.05) is 23.7 Å². The number of alkyl halides is 3. The molecule has 0 bridgehead atoms. The number of hydrogen-bond acceptors (Lipinski definition) is 6. The summed E-state index contributed by atoms with van der Waals surface area (Å²) < 4.78 is 44.9. The lowest BCUT2D eigenvalue weighted by molar-refractivity contribution is -0.141. The van der Waals surface area contributed by atoms with Gasteiger partial charge in [0, 0.05) is 23.5 Å². The van der Waals surface area contributed by atoms with Crippen LogP contribution in [0.1, 0.15) is 26.5 Å². The van der Waals surface area contributed by atoms with Gasteiger partial charge in [-0.15, -0.1) is 0 Å². The van der Waals surface area contributed by atoms with Crippen LogP contribution in [0.5, 0.6) is 0 Å². The van der Waals surface area contributed by atoms with Crippen LogP contribution in [0.15, 0.2) is 42.7 Å². The van der Waals surface area contributed by atoms with E-state index >= 15 is 0 Å². The molecular formula is C19H17ClF3N5O2. The Morgan fingerprint density at radius 1 is 1.10 bits per heavy atom. The van der Waals surface area contributed by atoms with Crippen molar-refractivity contribution in [3.63, 3.8) is 0 Å². The third kappa shape index (κ3) is 5.47. The Hall–Kier alpha value is -3.14. The molecule has 0 amide bonds. The van der Waals surface area contributed by atoms with Crippen molar-refractivity contribution in [3.05, 3.63) is 53.6 Å². The zero-order valence-electron chi connectivity index (χ0n) is 16.2. The minimum absolute atomic E-state index is 0.277. The van der Waals surface area contributed by atoms with Crippen LogP contribution in [0.25, 0.3) is 11.1 Å². The molecule has 0 saturated heterocycles. The fourth-order valence-corrected chi connectivity index (χ4v) is 2.56. The average molecular weight is 440 g/mol. The van der Waals surface area contributed by atoms with Gasteiger partial charge < -0.3 is 10.1 Å². The summed E-state index contributed by atoms with van der Waals surface area (Å²) in [6, 6.07) is 7.30. The molecule has 0 saturated carbocycles. The van der Waals surface area contributed by atoms with Gasteiger partial charge in [-0.05, 0) is 38.5 Å². The SMILES string of the molecule is CC(C)(C)OC(=O)n1cc(-c2ccc(Nc3nc(Cl)cc(C(F)(F)F)n3)cc2)cn1. The molecule has 0 fully saturated rings. The van der Waals surface area contributed by atoms with Crippen LogP contribution in [0.4, 0.5) is 29.6 Å². The first-order chi connectivity index (χ1) is 13.9. The lowest BCUT2D eigenvalue weighted by Gasteiger charge is -2.18. The standard InChI is InChI=1S/C19H17ClF3N5O2/c1-18(2,3)30-17(29)28-10-12(9-24-28)11-4-6-13(7-5-11)25-16-26-14(19(21,22)23)8-15(20)27-16/h4-10H,1-3H3,(H,25,26,27). The quantitative estimate of drug-likeness (QED) is 0.539. The van der Waals surface area contributed by atoms with E-state index in [-0.39, 0.29) is 11.1 Å². The Balaban J connectivity index is 1.75. The summed E-state index contributed by atoms with van der Waals surface area (Å²) >= 11 is 5.66. The molecule has 2 heterocycles. The molecule has 0 aliphatic carbocycles. The van der Waals surface area contributed by atoms with Gasteiger partial charge >= 0.3 is 12.3 Å². The van der Waals surface area contributed by atoms with Crippen LogP contribution in [-0.4, -0.2) is 31.4 Å². The molecule has 3 aromatic rings. The van der Waals surface area contributed by atoms with Gasteiger partial charge in [-0.2, -0.15) is 23.0 Å². The van der Waals surface area contributed by atoms with Gasteiger partial charge in [-0.25, -0.2) is 14.8 Å². The van der Waals surface area contributed by atoms with Crippen LogP contribution in [0.3, 0.4) is 0 Å². The van der Waals surface area contributed by atoms with Crippen LogP contribution in [0, 0.1) is 0 Å². The van der Waals surface area contributed by atoms with E-state index in [1.54, 1.807) is 45.0 Å². The van der Waals surface area contributed by atoms with Crippen molar-refractivity contribution in [1.29, 1.82) is 0 Å². The van der Waals surface area contributed by atoms with Crippen molar-refractivity contribution in [2.45, 2.75) is 32.5 Å². The first-order valence-electron chi connectivity index (χ1n) is 8.68. The van der Waals surface area contributed by atoms with E-state index in [4.69, 9.17) is 16.3 Å². The zero-order valence-corrected chi connectivity index (χ0v) is 16.9. The number of anilines is 2. The number of ether oxygens (including phenoxy) is 1. The smallest absolute Gasteiger partial charge is 0.435 e. The lowest BCUT2D eigenvalue weighted by atomic mass is 10.1. The number of aromatic nitrogens is 4. The monoisotopic (exact) mass is 439 g/mol. The Morgan fingerprint density at radius 2 is 1.77 bits per heavy atom. The number of carbonyl (C=O) groups excluding carboxylic acids is 1. The van der Waals surface area contributed by atoms with E-state index in [9.17, 15) is 18.0 Å². The second kappa shape index (κ2) is 7.94. The lowest BCUT2D eigenvalue weighted by Crippen LogP contribution is -2.27. The molecule has 0 aliphatic rings. The van der Waals surface area contributed by atoms with Crippen molar-refractivity contribution in [3.8, 4) is 11.1 Å². The second-order valence-corrected chi connectivity index (χ2v) is 7.64. The van der Waals surface area contributed by atoms with E-state index in [2.05, 4.69) is 20.4 Å². The van der Waals surface area contributed by atoms with Gasteiger partial charge in [-0.3, -0.25) is 0 Å². The first-order valence-corrected chi connectivity index (χ1v) is 9.06. The number of nitrogens with one attached hydrogen (secondary N) is 1. The van der Waals surface area contributed by atoms with Crippen molar-refractivity contribution in [2.24, 2.45) is 0 Å². The summed E-state index contributed by atoms with van der Waals surface area (Å²) in [6.07, 6.45) is -2.22. The molecule has 0 unspecified atom stereocenters. The topological polar surface area (TPSA) is 81.9 Å². The minimum atomic E-state index is -4.64. The highest BCUT2D eigenvalue weighted by atomic mass is 35.5. The maximum absolute atomic E-state index is 12.9. The van der Waals surface area contributed by atoms with E-state index in [1.165, 1.54) is 12.4 Å². The van der Waals surface area contributed by atoms with Gasteiger partial charge in [0.25, 0.3) is 0 Å². The molecule has 30 heavy (non-hydrogen) atoms. The first kappa shape index (κ1) is 21.6. The zero-order chi connectivity index (χ0) is 22.1. The normalized spacial score (nSPS) is 12.0. The Bertz CT molecular complexity index is 1060. The van der Waals surface area contributed by atoms with E-state index in [0.717, 1.165) is 10.2 Å². The van der Waals surface area contributed by atoms with Gasteiger partial charge in [0.05, 0.1) is 6.20 Å². The maximum atomic E-state index is 12.9. The van der Waals surface area contributed by atoms with Gasteiger partial charge in [0.15, 0.2) is 5.69 Å². The number of carbonyl (C=O) groups is 1. The molecule has 0 atom stereocenters. The second-order valence-electron chi connectivity index (χ2n) is 7.25. The fraction of sp³-hybridized carbons (Fsp3) is 0.263. The number of hydrogen-bond donors (Lipinski definition) is 1. The molecule has 2 aromatic heterocycles. The molecule has 1 aromatic carbocycles. The molecule has 0 aliphatic heterocycles. The third-order valence-corrected chi connectivity index (χ3v) is 3.82. The summed E-state index contributed by atoms with van der Waals surface area (Å²) in [4.78, 5) is 19.2. The van der Waals surface area contributed by atoms with E-state index < -0.39 is 23.6 Å². The average Bonchev–Trinajstić information content (AvgIpc) is 3.10. The largest absolute Gasteiger partial charge is 0.442 e. The number of rotatable bonds is 3. The van der Waals surface area contributed by atoms with E-state index in [0.29, 0.717) is 17.3 Å². The molecule has 1 N–H and O–H groups in total. The highest BCUT2D eigenvalue weighted by molar-refractivity contribution is 6.29. The van der Waals surface area contributed by atoms with Crippen molar-refractivity contribution >= 4 is 29.3 Å². The molecular weight excluding hydrogens is 423 g/mol. The minimum Gasteiger partial charge on any atom is -0.442 e. The molecule has 3 rings (SSSR count). The van der Waals surface area contributed by atoms with Crippen LogP contribution in [-0.2, 0) is 10.9 Å². The van der Waals surface area contributed by atoms with Crippen LogP contribution >= 0.6 is 11.6 Å². The predicted molar refractivity (Wildman–Crippen MR) is 105 cm³/mol. The van der Waals surface area contributed by atoms with E-state index in [1.807, 2.05) is 0 Å². The molecule has 11 heteroatoms. The number of halogens is 4. The van der Waals surface area contributed by atoms with Gasteiger partial charge in [0.1, 0.15) is 10.8 Å². The highest BCUT2D eigenvalue weighted by Crippen LogP contribution is 2.30. The Labute approximate surface area is 174 Å². The number of nitrogens with zero attached hydrogens (tertiary/aromatic N) is 4. The summed E-state index contributed by atoms with van der Waals surface area (Å²) in [6.45, 7) is 5.26. The maximum Gasteiger partial charge on any atom is 0.435 e. The highest BCUT2D eigenvalue weighted by Gasteiger charge is 2.33. The summed E-state index contributed by atoms with van der Waals surface area (Å²) in [7, 11) is 0. The Morgan fingerprint density at radius 3 is 2.37 bits per heavy atom. The molecule has 0 radical (unpaired) electrons. The predicted octanol–water partition coefficient (Wildman–Crippen LogP) is 5.54. The van der Waals surface area contributed by atoms with Gasteiger partial charge in [0.2, 0.25) is 5.95 Å². The molecule has 7 nitrogen and oxygen atoms in total. The summed E-state index contributed by atoms with van der Waals surface area (Å²) in [5.74, 6) is -0.277. The third-order valence-electron chi connectivity index (χ3n) is 3.62. The number of benzene rings is 1. The van der Waals surface area contributed by atoms with Crippen molar-refractivity contribution in [1.82, 2.24) is 19.7 Å². The summed E-state index contributed by atoms with van der Waals surface area (Å²) in [5.41, 5.74) is 0.0548. The molecule has 158 valence electrons. The fourth-order valence-electron chi connectivity index (χ4n) is 2.37. The van der Waals surface area contributed by atoms with Crippen molar-refractivity contribution < 1.29 is 22.7 Å². The summed E-state index contributed by atoms with van der Waals surface area (Å²) in [5, 5.41) is 6.35. The Kier molecular flexibility index (Phi) is 5.71. The van der Waals surface area contributed by atoms with Crippen LogP contribution in [0.2, 0.25) is 5.15 Å². The molecule has 0 spiro atoms. The van der Waals surface area contributed by atoms with Crippen LogP contribution < -0.4 is 5.32 Å². The van der Waals surface area contributed by atoms with Crippen molar-refractivity contribution in [2.75, 3.05) is 5.32 Å².